The fraction of sp³-hybridized carbons (Fsp3) is 0.273. The number of rotatable bonds is 3. The van der Waals surface area contributed by atoms with E-state index in [1.165, 1.54) is 0 Å². The second-order valence-electron chi connectivity index (χ2n) is 3.35. The van der Waals surface area contributed by atoms with Crippen LogP contribution in [0.2, 0.25) is 0 Å². The number of halogens is 1. The van der Waals surface area contributed by atoms with Crippen LogP contribution in [-0.2, 0) is 0 Å². The minimum atomic E-state index is 0.0456. The van der Waals surface area contributed by atoms with E-state index in [0.29, 0.717) is 5.56 Å². The van der Waals surface area contributed by atoms with Crippen molar-refractivity contribution in [1.29, 1.82) is 0 Å². The normalized spacial score (nSPS) is 12.9. The van der Waals surface area contributed by atoms with Gasteiger partial charge >= 0.3 is 0 Å². The molecule has 14 heavy (non-hydrogen) atoms. The van der Waals surface area contributed by atoms with E-state index in [0.717, 1.165) is 16.3 Å². The zero-order valence-corrected chi connectivity index (χ0v) is 9.91. The number of hydrogen-bond acceptors (Lipinski definition) is 2. The molecule has 75 valence electrons. The van der Waals surface area contributed by atoms with Crippen molar-refractivity contribution >= 4 is 22.2 Å². The standard InChI is InChI=1S/C11H13BrNO/c1-8(13(2)3)10-6-4-5-9(7-14)11(10)12/h4-8H,1H2,2-3H3. The van der Waals surface area contributed by atoms with E-state index in [9.17, 15) is 4.79 Å². The zero-order chi connectivity index (χ0) is 10.7. The largest absolute Gasteiger partial charge is 0.302 e. The summed E-state index contributed by atoms with van der Waals surface area (Å²) in [4.78, 5) is 12.7. The molecule has 0 bridgehead atoms. The van der Waals surface area contributed by atoms with Crippen molar-refractivity contribution < 1.29 is 4.79 Å². The SMILES string of the molecule is [CH2]C(c1cccc(C=O)c1Br)N(C)C. The van der Waals surface area contributed by atoms with Gasteiger partial charge in [-0.3, -0.25) is 4.79 Å². The van der Waals surface area contributed by atoms with Gasteiger partial charge in [-0.25, -0.2) is 0 Å². The highest BCUT2D eigenvalue weighted by atomic mass is 79.9. The smallest absolute Gasteiger partial charge is 0.151 e. The first-order valence-electron chi connectivity index (χ1n) is 4.31. The number of nitrogens with zero attached hydrogens (tertiary/aromatic N) is 1. The lowest BCUT2D eigenvalue weighted by Gasteiger charge is -2.21. The lowest BCUT2D eigenvalue weighted by Crippen LogP contribution is -2.17. The highest BCUT2D eigenvalue weighted by Gasteiger charge is 2.13. The maximum absolute atomic E-state index is 10.7. The summed E-state index contributed by atoms with van der Waals surface area (Å²) in [6.07, 6.45) is 0.843. The van der Waals surface area contributed by atoms with Gasteiger partial charge in [0.2, 0.25) is 0 Å². The lowest BCUT2D eigenvalue weighted by molar-refractivity contribution is 0.112. The van der Waals surface area contributed by atoms with E-state index in [1.54, 1.807) is 6.07 Å². The van der Waals surface area contributed by atoms with Crippen molar-refractivity contribution in [3.63, 3.8) is 0 Å². The number of carbonyl (C=O) groups excluding carboxylic acids is 1. The Balaban J connectivity index is 3.15. The maximum Gasteiger partial charge on any atom is 0.151 e. The predicted molar refractivity (Wildman–Crippen MR) is 61.3 cm³/mol. The molecule has 1 aromatic rings. The molecule has 0 aliphatic rings. The summed E-state index contributed by atoms with van der Waals surface area (Å²) in [6.45, 7) is 4.02. The molecule has 3 heteroatoms. The van der Waals surface area contributed by atoms with Crippen LogP contribution in [0.4, 0.5) is 0 Å². The number of benzene rings is 1. The highest BCUT2D eigenvalue weighted by Crippen LogP contribution is 2.27. The van der Waals surface area contributed by atoms with Crippen LogP contribution in [-0.4, -0.2) is 25.3 Å². The average Bonchev–Trinajstić information content (AvgIpc) is 2.17. The lowest BCUT2D eigenvalue weighted by atomic mass is 10.1. The second kappa shape index (κ2) is 4.71. The van der Waals surface area contributed by atoms with Gasteiger partial charge < -0.3 is 4.90 Å². The highest BCUT2D eigenvalue weighted by molar-refractivity contribution is 9.10. The quantitative estimate of drug-likeness (QED) is 0.774. The monoisotopic (exact) mass is 254 g/mol. The van der Waals surface area contributed by atoms with Crippen molar-refractivity contribution in [2.45, 2.75) is 6.04 Å². The predicted octanol–water partition coefficient (Wildman–Crippen LogP) is 2.70. The molecule has 1 radical (unpaired) electrons. The third kappa shape index (κ3) is 2.22. The first-order valence-corrected chi connectivity index (χ1v) is 5.10. The first kappa shape index (κ1) is 11.4. The van der Waals surface area contributed by atoms with Crippen LogP contribution in [0.15, 0.2) is 22.7 Å². The van der Waals surface area contributed by atoms with Crippen molar-refractivity contribution in [2.24, 2.45) is 0 Å². The average molecular weight is 255 g/mol. The van der Waals surface area contributed by atoms with Gasteiger partial charge in [-0.2, -0.15) is 0 Å². The van der Waals surface area contributed by atoms with Gasteiger partial charge in [-0.15, -0.1) is 0 Å². The van der Waals surface area contributed by atoms with E-state index in [1.807, 2.05) is 31.1 Å². The third-order valence-corrected chi connectivity index (χ3v) is 3.08. The van der Waals surface area contributed by atoms with E-state index < -0.39 is 0 Å². The van der Waals surface area contributed by atoms with E-state index in [-0.39, 0.29) is 6.04 Å². The Labute approximate surface area is 93.0 Å². The molecule has 0 aliphatic carbocycles. The fourth-order valence-corrected chi connectivity index (χ4v) is 1.82. The molecule has 0 N–H and O–H groups in total. The third-order valence-electron chi connectivity index (χ3n) is 2.17. The summed E-state index contributed by atoms with van der Waals surface area (Å²) >= 11 is 3.41. The molecule has 0 aromatic heterocycles. The number of carbonyl (C=O) groups is 1. The van der Waals surface area contributed by atoms with Gasteiger partial charge in [0, 0.05) is 16.1 Å². The molecule has 2 nitrogen and oxygen atoms in total. The summed E-state index contributed by atoms with van der Waals surface area (Å²) in [6, 6.07) is 5.66. The minimum Gasteiger partial charge on any atom is -0.302 e. The Morgan fingerprint density at radius 3 is 2.64 bits per heavy atom. The van der Waals surface area contributed by atoms with Crippen LogP contribution in [0, 0.1) is 6.92 Å². The van der Waals surface area contributed by atoms with Gasteiger partial charge in [0.05, 0.1) is 0 Å². The molecule has 0 fully saturated rings. The molecule has 1 rings (SSSR count). The zero-order valence-electron chi connectivity index (χ0n) is 8.33. The van der Waals surface area contributed by atoms with Gasteiger partial charge in [0.15, 0.2) is 6.29 Å². The van der Waals surface area contributed by atoms with Crippen LogP contribution in [0.25, 0.3) is 0 Å². The summed E-state index contributed by atoms with van der Waals surface area (Å²) < 4.78 is 0.837. The molecule has 0 amide bonds. The second-order valence-corrected chi connectivity index (χ2v) is 4.14. The fourth-order valence-electron chi connectivity index (χ4n) is 1.19. The summed E-state index contributed by atoms with van der Waals surface area (Å²) in [5.74, 6) is 0. The molecule has 0 aliphatic heterocycles. The minimum absolute atomic E-state index is 0.0456. The summed E-state index contributed by atoms with van der Waals surface area (Å²) in [5, 5.41) is 0. The Morgan fingerprint density at radius 1 is 1.50 bits per heavy atom. The van der Waals surface area contributed by atoms with E-state index in [2.05, 4.69) is 22.9 Å². The van der Waals surface area contributed by atoms with E-state index in [4.69, 9.17) is 0 Å². The van der Waals surface area contributed by atoms with Gasteiger partial charge in [0.1, 0.15) is 0 Å². The maximum atomic E-state index is 10.7. The van der Waals surface area contributed by atoms with Crippen LogP contribution in [0.1, 0.15) is 22.0 Å². The first-order chi connectivity index (χ1) is 6.57. The molecule has 1 atom stereocenters. The molecular formula is C11H13BrNO. The molecule has 1 unspecified atom stereocenters. The summed E-state index contributed by atoms with van der Waals surface area (Å²) in [7, 11) is 3.91. The van der Waals surface area contributed by atoms with Crippen molar-refractivity contribution in [3.8, 4) is 0 Å². The van der Waals surface area contributed by atoms with Gasteiger partial charge in [0.25, 0.3) is 0 Å². The van der Waals surface area contributed by atoms with Crippen LogP contribution in [0.5, 0.6) is 0 Å². The molecule has 0 saturated heterocycles. The number of aldehydes is 1. The van der Waals surface area contributed by atoms with Crippen LogP contribution >= 0.6 is 15.9 Å². The molecule has 0 saturated carbocycles. The number of hydrogen-bond donors (Lipinski definition) is 0. The van der Waals surface area contributed by atoms with E-state index >= 15 is 0 Å². The Kier molecular flexibility index (Phi) is 3.84. The Hall–Kier alpha value is -0.670. The van der Waals surface area contributed by atoms with Crippen LogP contribution in [0.3, 0.4) is 0 Å². The van der Waals surface area contributed by atoms with Crippen molar-refractivity contribution in [3.05, 3.63) is 40.7 Å². The van der Waals surface area contributed by atoms with Crippen LogP contribution < -0.4 is 0 Å². The topological polar surface area (TPSA) is 20.3 Å². The van der Waals surface area contributed by atoms with Crippen molar-refractivity contribution in [2.75, 3.05) is 14.1 Å². The molecular weight excluding hydrogens is 242 g/mol. The molecule has 0 heterocycles. The van der Waals surface area contributed by atoms with Gasteiger partial charge in [-0.1, -0.05) is 18.2 Å². The Morgan fingerprint density at radius 2 is 2.14 bits per heavy atom. The molecule has 1 aromatic carbocycles. The van der Waals surface area contributed by atoms with Crippen molar-refractivity contribution in [1.82, 2.24) is 4.90 Å². The Bertz CT molecular complexity index is 336. The summed E-state index contributed by atoms with van der Waals surface area (Å²) in [5.41, 5.74) is 1.69. The molecule has 0 spiro atoms. The van der Waals surface area contributed by atoms with Gasteiger partial charge in [-0.05, 0) is 42.5 Å².